The Morgan fingerprint density at radius 3 is 2.75 bits per heavy atom. The Morgan fingerprint density at radius 1 is 1.17 bits per heavy atom. The number of phenols is 1. The van der Waals surface area contributed by atoms with Crippen LogP contribution >= 0.6 is 11.6 Å². The lowest BCUT2D eigenvalue weighted by molar-refractivity contribution is 0.270. The van der Waals surface area contributed by atoms with E-state index in [0.29, 0.717) is 28.8 Å². The predicted molar refractivity (Wildman–Crippen MR) is 95.2 cm³/mol. The van der Waals surface area contributed by atoms with E-state index >= 15 is 0 Å². The summed E-state index contributed by atoms with van der Waals surface area (Å²) < 4.78 is 0. The maximum Gasteiger partial charge on any atom is 0.165 e. The zero-order valence-corrected chi connectivity index (χ0v) is 13.5. The van der Waals surface area contributed by atoms with Gasteiger partial charge in [0.2, 0.25) is 0 Å². The Morgan fingerprint density at radius 2 is 1.96 bits per heavy atom. The molecular weight excluding hydrogens is 328 g/mol. The van der Waals surface area contributed by atoms with Crippen LogP contribution in [0.4, 0.5) is 5.82 Å². The molecule has 0 spiro atoms. The Hall–Kier alpha value is -2.41. The van der Waals surface area contributed by atoms with Crippen LogP contribution in [0.5, 0.6) is 5.75 Å². The minimum atomic E-state index is -0.401. The molecule has 124 valence electrons. The van der Waals surface area contributed by atoms with Gasteiger partial charge in [-0.1, -0.05) is 23.7 Å². The number of benzene rings is 2. The average molecular weight is 345 g/mol. The minimum absolute atomic E-state index is 0.0488. The molecule has 1 heterocycles. The van der Waals surface area contributed by atoms with Crippen molar-refractivity contribution < 1.29 is 10.2 Å². The number of nitrogens with two attached hydrogens (primary N) is 1. The van der Waals surface area contributed by atoms with E-state index < -0.39 is 6.04 Å². The van der Waals surface area contributed by atoms with Gasteiger partial charge in [0.1, 0.15) is 11.6 Å². The third kappa shape index (κ3) is 3.41. The number of aliphatic hydroxyl groups excluding tert-OH is 1. The van der Waals surface area contributed by atoms with Crippen LogP contribution in [0.3, 0.4) is 0 Å². The molecule has 0 unspecified atom stereocenters. The lowest BCUT2D eigenvalue weighted by Crippen LogP contribution is -2.32. The van der Waals surface area contributed by atoms with Gasteiger partial charge in [-0.25, -0.2) is 9.97 Å². The summed E-state index contributed by atoms with van der Waals surface area (Å²) in [4.78, 5) is 9.01. The standard InChI is InChI=1S/C17H17ClN4O2/c18-10-5-6-15(24)13(7-10)17-21-14-4-2-1-3-12(14)16(22-17)20-8-11(19)9-23/h1-7,11,23-24H,8-9,19H2,(H,20,21,22)/t11-/m0/s1. The summed E-state index contributed by atoms with van der Waals surface area (Å²) in [6.07, 6.45) is 0. The van der Waals surface area contributed by atoms with E-state index in [2.05, 4.69) is 15.3 Å². The van der Waals surface area contributed by atoms with Crippen molar-refractivity contribution >= 4 is 28.3 Å². The van der Waals surface area contributed by atoms with Gasteiger partial charge in [0.25, 0.3) is 0 Å². The third-order valence-corrected chi connectivity index (χ3v) is 3.80. The van der Waals surface area contributed by atoms with Crippen LogP contribution in [0, 0.1) is 0 Å². The number of aromatic hydroxyl groups is 1. The van der Waals surface area contributed by atoms with Crippen LogP contribution in [-0.2, 0) is 0 Å². The fourth-order valence-corrected chi connectivity index (χ4v) is 2.48. The lowest BCUT2D eigenvalue weighted by atomic mass is 10.1. The first-order chi connectivity index (χ1) is 11.6. The van der Waals surface area contributed by atoms with E-state index in [1.807, 2.05) is 24.3 Å². The number of fused-ring (bicyclic) bond motifs is 1. The second kappa shape index (κ2) is 7.00. The molecule has 2 aromatic carbocycles. The van der Waals surface area contributed by atoms with Crippen LogP contribution in [-0.4, -0.2) is 39.4 Å². The summed E-state index contributed by atoms with van der Waals surface area (Å²) >= 11 is 6.02. The highest BCUT2D eigenvalue weighted by atomic mass is 35.5. The van der Waals surface area contributed by atoms with Crippen molar-refractivity contribution in [2.24, 2.45) is 5.73 Å². The number of aromatic nitrogens is 2. The van der Waals surface area contributed by atoms with Crippen molar-refractivity contribution in [2.75, 3.05) is 18.5 Å². The molecule has 6 nitrogen and oxygen atoms in total. The number of para-hydroxylation sites is 1. The number of hydrogen-bond donors (Lipinski definition) is 4. The maximum atomic E-state index is 10.1. The molecule has 1 aromatic heterocycles. The monoisotopic (exact) mass is 344 g/mol. The summed E-state index contributed by atoms with van der Waals surface area (Å²) in [5, 5.41) is 23.6. The molecule has 3 rings (SSSR count). The van der Waals surface area contributed by atoms with Crippen LogP contribution in [0.2, 0.25) is 5.02 Å². The molecule has 3 aromatic rings. The summed E-state index contributed by atoms with van der Waals surface area (Å²) in [5.41, 5.74) is 6.92. The Balaban J connectivity index is 2.11. The van der Waals surface area contributed by atoms with Crippen molar-refractivity contribution in [1.29, 1.82) is 0 Å². The van der Waals surface area contributed by atoms with Gasteiger partial charge in [-0.2, -0.15) is 0 Å². The SMILES string of the molecule is N[C@H](CO)CNc1nc(-c2cc(Cl)ccc2O)nc2ccccc12. The molecule has 0 saturated carbocycles. The molecule has 0 aliphatic rings. The first-order valence-electron chi connectivity index (χ1n) is 7.44. The van der Waals surface area contributed by atoms with Crippen molar-refractivity contribution in [3.63, 3.8) is 0 Å². The van der Waals surface area contributed by atoms with Gasteiger partial charge in [0, 0.05) is 23.0 Å². The predicted octanol–water partition coefficient (Wildman–Crippen LogP) is 2.39. The van der Waals surface area contributed by atoms with E-state index in [1.165, 1.54) is 6.07 Å². The highest BCUT2D eigenvalue weighted by Crippen LogP contribution is 2.32. The molecule has 0 amide bonds. The second-order valence-corrected chi connectivity index (χ2v) is 5.83. The zero-order valence-electron chi connectivity index (χ0n) is 12.8. The largest absolute Gasteiger partial charge is 0.507 e. The molecule has 1 atom stereocenters. The van der Waals surface area contributed by atoms with Crippen molar-refractivity contribution in [3.8, 4) is 17.1 Å². The molecule has 0 aliphatic carbocycles. The highest BCUT2D eigenvalue weighted by Gasteiger charge is 2.13. The lowest BCUT2D eigenvalue weighted by Gasteiger charge is -2.14. The van der Waals surface area contributed by atoms with Gasteiger partial charge in [-0.05, 0) is 30.3 Å². The number of aliphatic hydroxyl groups is 1. The number of hydrogen-bond acceptors (Lipinski definition) is 6. The van der Waals surface area contributed by atoms with Gasteiger partial charge < -0.3 is 21.3 Å². The molecule has 0 aliphatic heterocycles. The fourth-order valence-electron chi connectivity index (χ4n) is 2.31. The maximum absolute atomic E-state index is 10.1. The van der Waals surface area contributed by atoms with Gasteiger partial charge in [-0.3, -0.25) is 0 Å². The Kier molecular flexibility index (Phi) is 4.80. The van der Waals surface area contributed by atoms with Crippen molar-refractivity contribution in [1.82, 2.24) is 9.97 Å². The number of rotatable bonds is 5. The fraction of sp³-hybridized carbons (Fsp3) is 0.176. The van der Waals surface area contributed by atoms with Crippen LogP contribution in [0.15, 0.2) is 42.5 Å². The first-order valence-corrected chi connectivity index (χ1v) is 7.82. The molecule has 24 heavy (non-hydrogen) atoms. The quantitative estimate of drug-likeness (QED) is 0.566. The van der Waals surface area contributed by atoms with E-state index in [9.17, 15) is 5.11 Å². The van der Waals surface area contributed by atoms with Crippen molar-refractivity contribution in [3.05, 3.63) is 47.5 Å². The van der Waals surface area contributed by atoms with Crippen LogP contribution < -0.4 is 11.1 Å². The Labute approximate surface area is 143 Å². The number of anilines is 1. The van der Waals surface area contributed by atoms with Gasteiger partial charge in [0.15, 0.2) is 5.82 Å². The van der Waals surface area contributed by atoms with Gasteiger partial charge in [-0.15, -0.1) is 0 Å². The van der Waals surface area contributed by atoms with E-state index in [0.717, 1.165) is 10.9 Å². The molecule has 0 radical (unpaired) electrons. The second-order valence-electron chi connectivity index (χ2n) is 5.40. The molecule has 0 bridgehead atoms. The molecule has 0 saturated heterocycles. The van der Waals surface area contributed by atoms with Gasteiger partial charge >= 0.3 is 0 Å². The average Bonchev–Trinajstić information content (AvgIpc) is 2.61. The molecule has 7 heteroatoms. The summed E-state index contributed by atoms with van der Waals surface area (Å²) in [6, 6.07) is 11.8. The van der Waals surface area contributed by atoms with E-state index in [-0.39, 0.29) is 12.4 Å². The summed E-state index contributed by atoms with van der Waals surface area (Å²) in [5.74, 6) is 0.986. The van der Waals surface area contributed by atoms with Crippen LogP contribution in [0.25, 0.3) is 22.3 Å². The zero-order chi connectivity index (χ0) is 17.1. The topological polar surface area (TPSA) is 104 Å². The smallest absolute Gasteiger partial charge is 0.165 e. The Bertz CT molecular complexity index is 872. The molecular formula is C17H17ClN4O2. The number of phenolic OH excluding ortho intramolecular Hbond substituents is 1. The van der Waals surface area contributed by atoms with Crippen LogP contribution in [0.1, 0.15) is 0 Å². The van der Waals surface area contributed by atoms with E-state index in [4.69, 9.17) is 22.4 Å². The van der Waals surface area contributed by atoms with Gasteiger partial charge in [0.05, 0.1) is 17.7 Å². The molecule has 0 fully saturated rings. The summed E-state index contributed by atoms with van der Waals surface area (Å²) in [7, 11) is 0. The number of nitrogens with one attached hydrogen (secondary N) is 1. The van der Waals surface area contributed by atoms with E-state index in [1.54, 1.807) is 12.1 Å². The molecule has 5 N–H and O–H groups in total. The normalized spacial score (nSPS) is 12.3. The minimum Gasteiger partial charge on any atom is -0.507 e. The highest BCUT2D eigenvalue weighted by molar-refractivity contribution is 6.30. The number of halogens is 1. The first kappa shape index (κ1) is 16.4. The summed E-state index contributed by atoms with van der Waals surface area (Å²) in [6.45, 7) is 0.233. The number of nitrogens with zero attached hydrogens (tertiary/aromatic N) is 2. The van der Waals surface area contributed by atoms with Crippen molar-refractivity contribution in [2.45, 2.75) is 6.04 Å². The third-order valence-electron chi connectivity index (χ3n) is 3.57.